The highest BCUT2D eigenvalue weighted by Gasteiger charge is 2.35. The van der Waals surface area contributed by atoms with Crippen molar-refractivity contribution in [2.45, 2.75) is 44.6 Å². The largest absolute Gasteiger partial charge is 0.338 e. The van der Waals surface area contributed by atoms with Gasteiger partial charge in [0.15, 0.2) is 0 Å². The average Bonchev–Trinajstić information content (AvgIpc) is 2.67. The van der Waals surface area contributed by atoms with Gasteiger partial charge in [-0.3, -0.25) is 4.79 Å². The lowest BCUT2D eigenvalue weighted by atomic mass is 9.88. The first kappa shape index (κ1) is 11.7. The van der Waals surface area contributed by atoms with Crippen LogP contribution in [0.25, 0.3) is 0 Å². The minimum atomic E-state index is -3.21. The lowest BCUT2D eigenvalue weighted by molar-refractivity contribution is 0.0389. The third-order valence-electron chi connectivity index (χ3n) is 3.84. The number of amides is 1. The van der Waals surface area contributed by atoms with Crippen LogP contribution in [-0.4, -0.2) is 39.4 Å². The molecule has 4 nitrogen and oxygen atoms in total. The minimum Gasteiger partial charge on any atom is -0.338 e. The number of carbonyl (C=O) groups excluding carboxylic acids is 1. The summed E-state index contributed by atoms with van der Waals surface area (Å²) in [6.45, 7) is -4.40. The van der Waals surface area contributed by atoms with Crippen LogP contribution in [0.3, 0.4) is 0 Å². The third kappa shape index (κ3) is 5.01. The smallest absolute Gasteiger partial charge is 0.253 e. The zero-order valence-corrected chi connectivity index (χ0v) is 15.1. The molecule has 1 aliphatic rings. The van der Waals surface area contributed by atoms with Gasteiger partial charge in [-0.1, -0.05) is 11.6 Å². The summed E-state index contributed by atoms with van der Waals surface area (Å²) in [5, 5.41) is -0.453. The van der Waals surface area contributed by atoms with Crippen molar-refractivity contribution in [2.24, 2.45) is 0 Å². The summed E-state index contributed by atoms with van der Waals surface area (Å²) >= 11 is 5.68. The molecule has 0 spiro atoms. The van der Waals surface area contributed by atoms with Crippen LogP contribution in [0.4, 0.5) is 8.78 Å². The van der Waals surface area contributed by atoms with Crippen LogP contribution in [0, 0.1) is 12.7 Å². The summed E-state index contributed by atoms with van der Waals surface area (Å²) in [4.78, 5) is 20.8. The van der Waals surface area contributed by atoms with Gasteiger partial charge in [0, 0.05) is 48.3 Å². The minimum absolute atomic E-state index is 0.148. The number of hydrogen-bond acceptors (Lipinski definition) is 3. The van der Waals surface area contributed by atoms with Crippen LogP contribution in [-0.2, 0) is 6.37 Å². The number of hydrogen-bond donors (Lipinski definition) is 0. The molecule has 0 N–H and O–H groups in total. The van der Waals surface area contributed by atoms with E-state index in [2.05, 4.69) is 9.97 Å². The van der Waals surface area contributed by atoms with Gasteiger partial charge in [-0.05, 0) is 56.3 Å². The molecule has 1 fully saturated rings. The van der Waals surface area contributed by atoms with Crippen LogP contribution in [0.1, 0.15) is 58.3 Å². The second kappa shape index (κ2) is 8.30. The topological polar surface area (TPSA) is 46.1 Å². The molecule has 3 rings (SSSR count). The maximum Gasteiger partial charge on any atom is 0.253 e. The molecule has 0 saturated carbocycles. The van der Waals surface area contributed by atoms with Crippen molar-refractivity contribution in [3.63, 3.8) is 0 Å². The number of rotatable bonds is 5. The van der Waals surface area contributed by atoms with Crippen molar-refractivity contribution in [3.05, 3.63) is 58.4 Å². The van der Waals surface area contributed by atoms with Crippen molar-refractivity contribution >= 4 is 17.5 Å². The molecule has 2 heterocycles. The Bertz CT molecular complexity index is 1120. The van der Waals surface area contributed by atoms with Crippen molar-refractivity contribution in [3.8, 4) is 0 Å². The molecule has 144 valence electrons. The Labute approximate surface area is 173 Å². The van der Waals surface area contributed by atoms with Crippen molar-refractivity contribution < 1.29 is 24.5 Å². The zero-order valence-electron chi connectivity index (χ0n) is 22.4. The number of piperidine rings is 1. The van der Waals surface area contributed by atoms with Crippen molar-refractivity contribution in [1.82, 2.24) is 14.9 Å². The van der Waals surface area contributed by atoms with Crippen LogP contribution in [0.5, 0.6) is 0 Å². The van der Waals surface area contributed by atoms with E-state index in [1.54, 1.807) is 6.92 Å². The lowest BCUT2D eigenvalue weighted by Crippen LogP contribution is -2.44. The van der Waals surface area contributed by atoms with Gasteiger partial charge in [-0.15, -0.1) is 0 Å². The summed E-state index contributed by atoms with van der Waals surface area (Å²) in [7, 11) is 0. The molecule has 1 aliphatic heterocycles. The number of halogens is 3. The van der Waals surface area contributed by atoms with E-state index in [-0.39, 0.29) is 10.5 Å². The molecule has 7 heteroatoms. The van der Waals surface area contributed by atoms with E-state index in [1.807, 2.05) is 0 Å². The van der Waals surface area contributed by atoms with Crippen molar-refractivity contribution in [1.29, 1.82) is 0 Å². The van der Waals surface area contributed by atoms with Crippen LogP contribution < -0.4 is 0 Å². The number of carbonyl (C=O) groups is 1. The standard InChI is InChI=1S/C20H22ClF2N3O/c1-14-12-24-18(25-13-14)3-2-6-20(23)7-9-26(10-8-20)19(27)15-4-5-17(22)16(21)11-15/h4-5,11-13H,2-3,6-10H2,1H3/i3D2,6D2,9D2,10D2. The summed E-state index contributed by atoms with van der Waals surface area (Å²) in [6, 6.07) is 2.71. The second-order valence-corrected chi connectivity index (χ2v) is 6.43. The van der Waals surface area contributed by atoms with E-state index in [9.17, 15) is 9.18 Å². The number of alkyl halides is 1. The zero-order chi connectivity index (χ0) is 26.6. The van der Waals surface area contributed by atoms with E-state index < -0.39 is 73.2 Å². The van der Waals surface area contributed by atoms with Crippen LogP contribution in [0.15, 0.2) is 30.6 Å². The molecule has 0 unspecified atom stereocenters. The summed E-state index contributed by atoms with van der Waals surface area (Å²) in [5.74, 6) is -2.48. The van der Waals surface area contributed by atoms with Gasteiger partial charge in [-0.2, -0.15) is 0 Å². The predicted octanol–water partition coefficient (Wildman–Crippen LogP) is 4.54. The van der Waals surface area contributed by atoms with Gasteiger partial charge in [0.05, 0.1) is 5.02 Å². The number of nitrogens with zero attached hydrogens (tertiary/aromatic N) is 3. The average molecular weight is 402 g/mol. The van der Waals surface area contributed by atoms with Gasteiger partial charge in [-0.25, -0.2) is 18.7 Å². The summed E-state index contributed by atoms with van der Waals surface area (Å²) in [6.07, 6.45) is -6.72. The Morgan fingerprint density at radius 2 is 2.04 bits per heavy atom. The highest BCUT2D eigenvalue weighted by atomic mass is 35.5. The van der Waals surface area contributed by atoms with E-state index in [4.69, 9.17) is 22.6 Å². The molecule has 1 amide bonds. The normalized spacial score (nSPS) is 25.6. The number of benzene rings is 1. The fraction of sp³-hybridized carbons (Fsp3) is 0.450. The Kier molecular flexibility index (Phi) is 3.59. The Morgan fingerprint density at radius 1 is 1.37 bits per heavy atom. The third-order valence-corrected chi connectivity index (χ3v) is 4.13. The first-order valence-corrected chi connectivity index (χ1v) is 8.47. The molecule has 0 bridgehead atoms. The monoisotopic (exact) mass is 401 g/mol. The molecule has 0 atom stereocenters. The molecule has 1 saturated heterocycles. The van der Waals surface area contributed by atoms with Gasteiger partial charge in [0.2, 0.25) is 0 Å². The molecule has 2 aromatic rings. The molecule has 27 heavy (non-hydrogen) atoms. The maximum absolute atomic E-state index is 16.1. The van der Waals surface area contributed by atoms with Crippen LogP contribution >= 0.6 is 11.6 Å². The molecular formula is C20H22ClF2N3O. The van der Waals surface area contributed by atoms with E-state index in [1.165, 1.54) is 12.4 Å². The molecule has 0 radical (unpaired) electrons. The SMILES string of the molecule is [2H]C([2H])(CC([2H])([2H])C1(F)CC([2H])([2H])N(C(=O)c2ccc(F)c(Cl)c2)C([2H])([2H])C1)c1ncc(C)cn1. The van der Waals surface area contributed by atoms with Crippen LogP contribution in [0.2, 0.25) is 5.02 Å². The number of likely N-dealkylation sites (tertiary alicyclic amines) is 1. The van der Waals surface area contributed by atoms with E-state index in [0.29, 0.717) is 5.56 Å². The van der Waals surface area contributed by atoms with Gasteiger partial charge in [0.1, 0.15) is 17.3 Å². The quantitative estimate of drug-likeness (QED) is 0.738. The maximum atomic E-state index is 16.1. The Balaban J connectivity index is 1.94. The van der Waals surface area contributed by atoms with E-state index >= 15 is 4.39 Å². The predicted molar refractivity (Wildman–Crippen MR) is 100 cm³/mol. The fourth-order valence-corrected chi connectivity index (χ4v) is 2.50. The second-order valence-electron chi connectivity index (χ2n) is 6.02. The Hall–Kier alpha value is -2.08. The molecule has 1 aromatic carbocycles. The fourth-order valence-electron chi connectivity index (χ4n) is 2.32. The van der Waals surface area contributed by atoms with Gasteiger partial charge >= 0.3 is 0 Å². The highest BCUT2D eigenvalue weighted by Crippen LogP contribution is 2.32. The number of aryl methyl sites for hydroxylation is 2. The molecular weight excluding hydrogens is 372 g/mol. The first-order valence-electron chi connectivity index (χ1n) is 12.1. The van der Waals surface area contributed by atoms with Crippen molar-refractivity contribution in [2.75, 3.05) is 13.0 Å². The first-order chi connectivity index (χ1) is 15.8. The van der Waals surface area contributed by atoms with Gasteiger partial charge < -0.3 is 4.90 Å². The summed E-state index contributed by atoms with van der Waals surface area (Å²) < 4.78 is 95.7. The lowest BCUT2D eigenvalue weighted by Gasteiger charge is -2.36. The summed E-state index contributed by atoms with van der Waals surface area (Å²) in [5.41, 5.74) is -2.93. The Morgan fingerprint density at radius 3 is 2.67 bits per heavy atom. The molecule has 1 aromatic heterocycles. The molecule has 0 aliphatic carbocycles. The number of aromatic nitrogens is 2. The van der Waals surface area contributed by atoms with E-state index in [0.717, 1.165) is 18.2 Å². The highest BCUT2D eigenvalue weighted by molar-refractivity contribution is 6.31. The van der Waals surface area contributed by atoms with Gasteiger partial charge in [0.25, 0.3) is 5.91 Å².